The summed E-state index contributed by atoms with van der Waals surface area (Å²) in [5.41, 5.74) is 0. The van der Waals surface area contributed by atoms with Gasteiger partial charge in [0.25, 0.3) is 0 Å². The van der Waals surface area contributed by atoms with Crippen molar-refractivity contribution in [2.75, 3.05) is 46.3 Å². The Hall–Kier alpha value is -1.40. The number of nitrogens with one attached hydrogen (secondary N) is 1. The lowest BCUT2D eigenvalue weighted by molar-refractivity contribution is -0.141. The third kappa shape index (κ3) is 24.1. The van der Waals surface area contributed by atoms with E-state index in [1.54, 1.807) is 0 Å². The molecule has 2 amide bonds. The molecule has 6 nitrogen and oxygen atoms in total. The van der Waals surface area contributed by atoms with Gasteiger partial charge in [-0.05, 0) is 58.4 Å². The van der Waals surface area contributed by atoms with Crippen molar-refractivity contribution in [3.8, 4) is 0 Å². The van der Waals surface area contributed by atoms with Crippen molar-refractivity contribution in [2.45, 2.75) is 225 Å². The minimum Gasteiger partial charge on any atom is -0.352 e. The normalized spacial score (nSPS) is 17.1. The van der Waals surface area contributed by atoms with Crippen LogP contribution in [0.5, 0.6) is 0 Å². The fraction of sp³-hybridized carbons (Fsp3) is 0.913. The van der Waals surface area contributed by atoms with Gasteiger partial charge in [-0.3, -0.25) is 14.5 Å². The van der Waals surface area contributed by atoms with Gasteiger partial charge < -0.3 is 15.1 Å². The van der Waals surface area contributed by atoms with Crippen molar-refractivity contribution < 1.29 is 9.59 Å². The van der Waals surface area contributed by atoms with Gasteiger partial charge in [0.15, 0.2) is 0 Å². The standard InChI is InChI=1S/C46H88N4O2/c1-4-6-8-10-12-14-16-17-18-19-20-22-24-26-32-36-45(51)50(42-41-49-39-37-48(3)38-40-49)44(46(52)47-43-33-29-27-28-30-34-43)35-31-25-23-21-15-13-11-9-7-5-2/h17-18,43-44H,4-16,19-42H2,1-3H3,(H,47,52)/b18-17-. The molecule has 0 radical (unpaired) electrons. The van der Waals surface area contributed by atoms with Crippen LogP contribution >= 0.6 is 0 Å². The molecule has 1 unspecified atom stereocenters. The Morgan fingerprint density at radius 3 is 1.65 bits per heavy atom. The highest BCUT2D eigenvalue weighted by Crippen LogP contribution is 2.21. The summed E-state index contributed by atoms with van der Waals surface area (Å²) in [4.78, 5) is 35.2. The number of carbonyl (C=O) groups is 2. The van der Waals surface area contributed by atoms with E-state index in [9.17, 15) is 9.59 Å². The van der Waals surface area contributed by atoms with Gasteiger partial charge in [0.05, 0.1) is 0 Å². The molecule has 1 atom stereocenters. The first kappa shape index (κ1) is 46.8. The Morgan fingerprint density at radius 2 is 1.12 bits per heavy atom. The second kappa shape index (κ2) is 33.0. The lowest BCUT2D eigenvalue weighted by Gasteiger charge is -2.36. The number of hydrogen-bond donors (Lipinski definition) is 1. The summed E-state index contributed by atoms with van der Waals surface area (Å²) in [6.07, 6.45) is 42.5. The van der Waals surface area contributed by atoms with Crippen molar-refractivity contribution in [2.24, 2.45) is 0 Å². The van der Waals surface area contributed by atoms with E-state index in [1.807, 2.05) is 4.90 Å². The monoisotopic (exact) mass is 729 g/mol. The van der Waals surface area contributed by atoms with Gasteiger partial charge in [0.1, 0.15) is 6.04 Å². The first-order valence-corrected chi connectivity index (χ1v) is 23.2. The van der Waals surface area contributed by atoms with Gasteiger partial charge in [-0.1, -0.05) is 167 Å². The number of carbonyl (C=O) groups excluding carboxylic acids is 2. The van der Waals surface area contributed by atoms with Crippen LogP contribution in [0.1, 0.15) is 213 Å². The molecule has 0 bridgehead atoms. The Kier molecular flexibility index (Phi) is 29.7. The number of amides is 2. The number of nitrogens with zero attached hydrogens (tertiary/aromatic N) is 3. The van der Waals surface area contributed by atoms with Crippen LogP contribution in [0.4, 0.5) is 0 Å². The molecule has 0 aromatic carbocycles. The summed E-state index contributed by atoms with van der Waals surface area (Å²) in [5.74, 6) is 0.332. The largest absolute Gasteiger partial charge is 0.352 e. The van der Waals surface area contributed by atoms with Crippen LogP contribution in [0, 0.1) is 0 Å². The maximum Gasteiger partial charge on any atom is 0.243 e. The van der Waals surface area contributed by atoms with Crippen LogP contribution in [0.15, 0.2) is 12.2 Å². The summed E-state index contributed by atoms with van der Waals surface area (Å²) >= 11 is 0. The first-order chi connectivity index (χ1) is 25.5. The number of unbranched alkanes of at least 4 members (excludes halogenated alkanes) is 20. The second-order valence-corrected chi connectivity index (χ2v) is 16.7. The molecule has 52 heavy (non-hydrogen) atoms. The summed E-state index contributed by atoms with van der Waals surface area (Å²) in [6.45, 7) is 10.4. The number of rotatable bonds is 32. The summed E-state index contributed by atoms with van der Waals surface area (Å²) in [6, 6.07) is -0.0643. The van der Waals surface area contributed by atoms with Crippen LogP contribution in [0.25, 0.3) is 0 Å². The fourth-order valence-corrected chi connectivity index (χ4v) is 8.24. The zero-order valence-electron chi connectivity index (χ0n) is 35.1. The third-order valence-corrected chi connectivity index (χ3v) is 11.9. The second-order valence-electron chi connectivity index (χ2n) is 16.7. The zero-order chi connectivity index (χ0) is 37.3. The van der Waals surface area contributed by atoms with Gasteiger partial charge in [0, 0.05) is 51.7 Å². The van der Waals surface area contributed by atoms with E-state index in [0.29, 0.717) is 13.0 Å². The van der Waals surface area contributed by atoms with Crippen LogP contribution in [-0.4, -0.2) is 84.9 Å². The molecule has 1 N–H and O–H groups in total. The SMILES string of the molecule is CCCCCCCC/C=C\CCCCCCCC(=O)N(CCN1CCN(C)CC1)C(CCCCCCCCCCCC)C(=O)NC1CCCCCC1. The molecular weight excluding hydrogens is 641 g/mol. The highest BCUT2D eigenvalue weighted by atomic mass is 16.2. The van der Waals surface area contributed by atoms with Gasteiger partial charge in [-0.2, -0.15) is 0 Å². The first-order valence-electron chi connectivity index (χ1n) is 23.2. The van der Waals surface area contributed by atoms with Crippen molar-refractivity contribution in [1.29, 1.82) is 0 Å². The molecule has 2 aliphatic rings. The average molecular weight is 729 g/mol. The Morgan fingerprint density at radius 1 is 0.635 bits per heavy atom. The minimum absolute atomic E-state index is 0.124. The fourth-order valence-electron chi connectivity index (χ4n) is 8.24. The molecule has 2 rings (SSSR count). The molecule has 1 saturated heterocycles. The zero-order valence-corrected chi connectivity index (χ0v) is 35.1. The van der Waals surface area contributed by atoms with E-state index in [2.05, 4.69) is 48.2 Å². The predicted octanol–water partition coefficient (Wildman–Crippen LogP) is 11.6. The maximum absolute atomic E-state index is 14.1. The van der Waals surface area contributed by atoms with E-state index in [1.165, 1.54) is 148 Å². The Labute approximate surface area is 324 Å². The quantitative estimate of drug-likeness (QED) is 0.0426. The smallest absolute Gasteiger partial charge is 0.243 e. The Balaban J connectivity index is 1.88. The molecule has 6 heteroatoms. The van der Waals surface area contributed by atoms with Crippen LogP contribution in [0.2, 0.25) is 0 Å². The molecule has 0 aromatic heterocycles. The molecule has 304 valence electrons. The highest BCUT2D eigenvalue weighted by Gasteiger charge is 2.31. The summed E-state index contributed by atoms with van der Waals surface area (Å²) in [7, 11) is 2.20. The molecule has 1 heterocycles. The van der Waals surface area contributed by atoms with Gasteiger partial charge in [-0.25, -0.2) is 0 Å². The maximum atomic E-state index is 14.1. The lowest BCUT2D eigenvalue weighted by Crippen LogP contribution is -2.54. The van der Waals surface area contributed by atoms with Gasteiger partial charge in [-0.15, -0.1) is 0 Å². The number of hydrogen-bond acceptors (Lipinski definition) is 4. The summed E-state index contributed by atoms with van der Waals surface area (Å²) < 4.78 is 0. The van der Waals surface area contributed by atoms with Gasteiger partial charge in [0.2, 0.25) is 11.8 Å². The van der Waals surface area contributed by atoms with E-state index in [-0.39, 0.29) is 23.9 Å². The number of allylic oxidation sites excluding steroid dienone is 2. The van der Waals surface area contributed by atoms with Crippen LogP contribution in [-0.2, 0) is 9.59 Å². The number of likely N-dealkylation sites (N-methyl/N-ethyl adjacent to an activating group) is 1. The van der Waals surface area contributed by atoms with Crippen LogP contribution in [0.3, 0.4) is 0 Å². The average Bonchev–Trinajstić information content (AvgIpc) is 3.42. The van der Waals surface area contributed by atoms with E-state index >= 15 is 0 Å². The van der Waals surface area contributed by atoms with E-state index in [0.717, 1.165) is 77.7 Å². The Bertz CT molecular complexity index is 862. The van der Waals surface area contributed by atoms with Gasteiger partial charge >= 0.3 is 0 Å². The molecule has 1 saturated carbocycles. The molecule has 0 aromatic rings. The summed E-state index contributed by atoms with van der Waals surface area (Å²) in [5, 5.41) is 3.49. The molecular formula is C46H88N4O2. The molecule has 1 aliphatic heterocycles. The third-order valence-electron chi connectivity index (χ3n) is 11.9. The molecule has 1 aliphatic carbocycles. The topological polar surface area (TPSA) is 55.9 Å². The van der Waals surface area contributed by atoms with Crippen molar-refractivity contribution in [3.05, 3.63) is 12.2 Å². The number of piperazine rings is 1. The molecule has 0 spiro atoms. The van der Waals surface area contributed by atoms with E-state index in [4.69, 9.17) is 0 Å². The highest BCUT2D eigenvalue weighted by molar-refractivity contribution is 5.87. The van der Waals surface area contributed by atoms with Crippen molar-refractivity contribution in [3.63, 3.8) is 0 Å². The minimum atomic E-state index is -0.333. The lowest BCUT2D eigenvalue weighted by atomic mass is 10.0. The molecule has 2 fully saturated rings. The predicted molar refractivity (Wildman–Crippen MR) is 225 cm³/mol. The van der Waals surface area contributed by atoms with Crippen molar-refractivity contribution in [1.82, 2.24) is 20.0 Å². The van der Waals surface area contributed by atoms with Crippen LogP contribution < -0.4 is 5.32 Å². The van der Waals surface area contributed by atoms with Crippen molar-refractivity contribution >= 4 is 11.8 Å². The van der Waals surface area contributed by atoms with E-state index < -0.39 is 0 Å².